The number of sulfonamides is 1. The number of nitrogens with one attached hydrogen (secondary N) is 1. The first-order valence-corrected chi connectivity index (χ1v) is 8.69. The summed E-state index contributed by atoms with van der Waals surface area (Å²) in [6, 6.07) is 0. The summed E-state index contributed by atoms with van der Waals surface area (Å²) in [6.45, 7) is 5.20. The van der Waals surface area contributed by atoms with Crippen LogP contribution in [0.15, 0.2) is 16.6 Å². The van der Waals surface area contributed by atoms with Gasteiger partial charge in [-0.2, -0.15) is 9.29 Å². The fourth-order valence-electron chi connectivity index (χ4n) is 2.50. The average Bonchev–Trinajstić information content (AvgIpc) is 3.03. The second kappa shape index (κ2) is 4.69. The molecular weight excluding hydrogens is 298 g/mol. The molecule has 2 aromatic heterocycles. The Balaban J connectivity index is 2.11. The van der Waals surface area contributed by atoms with Crippen LogP contribution in [0.2, 0.25) is 0 Å². The molecule has 9 heteroatoms. The number of anilines is 1. The summed E-state index contributed by atoms with van der Waals surface area (Å²) >= 11 is 1.37. The lowest BCUT2D eigenvalue weighted by atomic mass is 10.0. The molecule has 0 bridgehead atoms. The van der Waals surface area contributed by atoms with Crippen LogP contribution in [0.3, 0.4) is 0 Å². The Morgan fingerprint density at radius 3 is 2.65 bits per heavy atom. The van der Waals surface area contributed by atoms with Crippen molar-refractivity contribution in [3.63, 3.8) is 0 Å². The van der Waals surface area contributed by atoms with E-state index < -0.39 is 10.0 Å². The monoisotopic (exact) mass is 315 g/mol. The fourth-order valence-corrected chi connectivity index (χ4v) is 5.12. The predicted molar refractivity (Wildman–Crippen MR) is 78.0 cm³/mol. The van der Waals surface area contributed by atoms with E-state index in [2.05, 4.69) is 24.3 Å². The van der Waals surface area contributed by atoms with Crippen LogP contribution in [0.1, 0.15) is 13.8 Å². The molecule has 0 spiro atoms. The van der Waals surface area contributed by atoms with Gasteiger partial charge in [-0.25, -0.2) is 14.3 Å². The largest absolute Gasteiger partial charge is 0.306 e. The maximum Gasteiger partial charge on any atom is 0.262 e. The maximum atomic E-state index is 12.9. The van der Waals surface area contributed by atoms with Crippen molar-refractivity contribution in [1.82, 2.24) is 13.7 Å². The van der Waals surface area contributed by atoms with Gasteiger partial charge in [-0.1, -0.05) is 13.8 Å². The number of thiazole rings is 1. The van der Waals surface area contributed by atoms with E-state index in [1.54, 1.807) is 16.0 Å². The second-order valence-corrected chi connectivity index (χ2v) is 7.97. The van der Waals surface area contributed by atoms with Gasteiger partial charge in [-0.05, 0) is 11.8 Å². The van der Waals surface area contributed by atoms with Crippen molar-refractivity contribution in [3.8, 4) is 0 Å². The van der Waals surface area contributed by atoms with Gasteiger partial charge in [0.25, 0.3) is 10.0 Å². The van der Waals surface area contributed by atoms with E-state index in [1.165, 1.54) is 15.6 Å². The molecule has 3 rings (SSSR count). The molecule has 1 fully saturated rings. The molecule has 1 aliphatic heterocycles. The number of imidazole rings is 1. The van der Waals surface area contributed by atoms with E-state index in [1.807, 2.05) is 0 Å². The van der Waals surface area contributed by atoms with Crippen molar-refractivity contribution in [2.45, 2.75) is 18.9 Å². The lowest BCUT2D eigenvalue weighted by molar-refractivity contribution is 0.460. The first-order valence-electron chi connectivity index (χ1n) is 6.37. The number of fused-ring (bicyclic) bond motifs is 1. The SMILES string of the molecule is CC1CN(S(=O)(=O)c2c(NN)nc3sccn23)CC1C. The maximum absolute atomic E-state index is 12.9. The number of rotatable bonds is 3. The Labute approximate surface area is 121 Å². The fraction of sp³-hybridized carbons (Fsp3) is 0.545. The van der Waals surface area contributed by atoms with E-state index in [0.29, 0.717) is 29.9 Å². The molecule has 20 heavy (non-hydrogen) atoms. The normalized spacial score (nSPS) is 24.6. The van der Waals surface area contributed by atoms with Gasteiger partial charge in [0.1, 0.15) is 0 Å². The summed E-state index contributed by atoms with van der Waals surface area (Å²) in [5, 5.41) is 1.93. The predicted octanol–water partition coefficient (Wildman–Crippen LogP) is 0.958. The molecule has 0 saturated carbocycles. The van der Waals surface area contributed by atoms with Crippen molar-refractivity contribution >= 4 is 32.1 Å². The molecule has 1 saturated heterocycles. The Hall–Kier alpha value is -1.16. The first kappa shape index (κ1) is 13.8. The molecule has 110 valence electrons. The van der Waals surface area contributed by atoms with Crippen LogP contribution in [0.25, 0.3) is 4.96 Å². The second-order valence-electron chi connectivity index (χ2n) is 5.24. The zero-order chi connectivity index (χ0) is 14.5. The standard InChI is InChI=1S/C11H17N5O2S2/c1-7-5-15(6-8(7)2)20(17,18)10-9(14-12)13-11-16(10)3-4-19-11/h3-4,7-8,14H,5-6,12H2,1-2H3. The highest BCUT2D eigenvalue weighted by atomic mass is 32.2. The van der Waals surface area contributed by atoms with Gasteiger partial charge < -0.3 is 5.43 Å². The molecule has 0 aliphatic carbocycles. The third-order valence-corrected chi connectivity index (χ3v) is 6.51. The molecule has 3 heterocycles. The lowest BCUT2D eigenvalue weighted by Crippen LogP contribution is -2.31. The highest BCUT2D eigenvalue weighted by Crippen LogP contribution is 2.32. The number of nitrogens with two attached hydrogens (primary N) is 1. The van der Waals surface area contributed by atoms with Crippen LogP contribution in [0.5, 0.6) is 0 Å². The third-order valence-electron chi connectivity index (χ3n) is 3.89. The van der Waals surface area contributed by atoms with Gasteiger partial charge in [0.05, 0.1) is 0 Å². The minimum atomic E-state index is -3.60. The summed E-state index contributed by atoms with van der Waals surface area (Å²) in [6.07, 6.45) is 1.70. The average molecular weight is 315 g/mol. The van der Waals surface area contributed by atoms with E-state index in [-0.39, 0.29) is 10.8 Å². The summed E-state index contributed by atoms with van der Waals surface area (Å²) in [5.41, 5.74) is 2.39. The lowest BCUT2D eigenvalue weighted by Gasteiger charge is -2.16. The molecule has 2 aromatic rings. The quantitative estimate of drug-likeness (QED) is 0.650. The molecule has 2 atom stereocenters. The van der Waals surface area contributed by atoms with Crippen molar-refractivity contribution in [3.05, 3.63) is 11.6 Å². The summed E-state index contributed by atoms with van der Waals surface area (Å²) in [5.74, 6) is 6.32. The zero-order valence-electron chi connectivity index (χ0n) is 11.3. The molecule has 1 aliphatic rings. The number of nitrogen functional groups attached to an aromatic ring is 1. The molecule has 0 radical (unpaired) electrons. The summed E-state index contributed by atoms with van der Waals surface area (Å²) < 4.78 is 28.8. The van der Waals surface area contributed by atoms with Gasteiger partial charge in [0, 0.05) is 24.7 Å². The zero-order valence-corrected chi connectivity index (χ0v) is 12.9. The molecule has 0 aromatic carbocycles. The van der Waals surface area contributed by atoms with Crippen molar-refractivity contribution in [1.29, 1.82) is 0 Å². The summed E-state index contributed by atoms with van der Waals surface area (Å²) in [7, 11) is -3.60. The highest BCUT2D eigenvalue weighted by molar-refractivity contribution is 7.89. The van der Waals surface area contributed by atoms with Crippen molar-refractivity contribution in [2.75, 3.05) is 18.5 Å². The van der Waals surface area contributed by atoms with Gasteiger partial charge in [0.15, 0.2) is 10.8 Å². The topological polar surface area (TPSA) is 92.7 Å². The molecular formula is C11H17N5O2S2. The highest BCUT2D eigenvalue weighted by Gasteiger charge is 2.38. The molecule has 0 amide bonds. The minimum Gasteiger partial charge on any atom is -0.306 e. The smallest absolute Gasteiger partial charge is 0.262 e. The Bertz CT molecular complexity index is 725. The van der Waals surface area contributed by atoms with Gasteiger partial charge in [0.2, 0.25) is 5.03 Å². The number of aromatic nitrogens is 2. The number of nitrogens with zero attached hydrogens (tertiary/aromatic N) is 3. The number of hydrogen-bond acceptors (Lipinski definition) is 6. The van der Waals surface area contributed by atoms with E-state index in [0.717, 1.165) is 0 Å². The third kappa shape index (κ3) is 1.93. The molecule has 3 N–H and O–H groups in total. The van der Waals surface area contributed by atoms with Crippen molar-refractivity contribution in [2.24, 2.45) is 17.7 Å². The number of hydrogen-bond donors (Lipinski definition) is 2. The van der Waals surface area contributed by atoms with Crippen LogP contribution >= 0.6 is 11.3 Å². The van der Waals surface area contributed by atoms with E-state index in [4.69, 9.17) is 5.84 Å². The Morgan fingerprint density at radius 1 is 1.40 bits per heavy atom. The Morgan fingerprint density at radius 2 is 2.05 bits per heavy atom. The number of hydrazine groups is 1. The Kier molecular flexibility index (Phi) is 3.24. The van der Waals surface area contributed by atoms with Crippen molar-refractivity contribution < 1.29 is 8.42 Å². The molecule has 7 nitrogen and oxygen atoms in total. The summed E-state index contributed by atoms with van der Waals surface area (Å²) in [4.78, 5) is 4.81. The van der Waals surface area contributed by atoms with Crippen LogP contribution in [0.4, 0.5) is 5.82 Å². The van der Waals surface area contributed by atoms with Crippen LogP contribution in [-0.2, 0) is 10.0 Å². The van der Waals surface area contributed by atoms with E-state index >= 15 is 0 Å². The van der Waals surface area contributed by atoms with Crippen LogP contribution < -0.4 is 11.3 Å². The first-order chi connectivity index (χ1) is 9.45. The minimum absolute atomic E-state index is 0.123. The van der Waals surface area contributed by atoms with E-state index in [9.17, 15) is 8.42 Å². The molecule has 2 unspecified atom stereocenters. The van der Waals surface area contributed by atoms with Crippen LogP contribution in [-0.4, -0.2) is 35.2 Å². The van der Waals surface area contributed by atoms with Crippen LogP contribution in [0, 0.1) is 11.8 Å². The van der Waals surface area contributed by atoms with Gasteiger partial charge in [-0.15, -0.1) is 11.3 Å². The van der Waals surface area contributed by atoms with Gasteiger partial charge in [-0.3, -0.25) is 4.40 Å². The van der Waals surface area contributed by atoms with Gasteiger partial charge >= 0.3 is 0 Å².